The van der Waals surface area contributed by atoms with E-state index < -0.39 is 5.92 Å². The van der Waals surface area contributed by atoms with E-state index in [-0.39, 0.29) is 29.7 Å². The van der Waals surface area contributed by atoms with E-state index >= 15 is 0 Å². The van der Waals surface area contributed by atoms with Gasteiger partial charge in [-0.15, -0.1) is 0 Å². The first-order valence-electron chi connectivity index (χ1n) is 10.6. The molecule has 30 heavy (non-hydrogen) atoms. The van der Waals surface area contributed by atoms with Crippen LogP contribution in [0.5, 0.6) is 0 Å². The van der Waals surface area contributed by atoms with E-state index in [9.17, 15) is 14.4 Å². The summed E-state index contributed by atoms with van der Waals surface area (Å²) in [7, 11) is 0. The van der Waals surface area contributed by atoms with Crippen LogP contribution in [-0.2, 0) is 16.0 Å². The maximum Gasteiger partial charge on any atom is 0.254 e. The van der Waals surface area contributed by atoms with Crippen LogP contribution in [0.4, 0.5) is 0 Å². The molecule has 0 radical (unpaired) electrons. The Morgan fingerprint density at radius 3 is 2.30 bits per heavy atom. The number of rotatable bonds is 2. The standard InChI is InChI=1S/C24H25N3O3/c25-22(28)16-9-12-26(13-10-16)24(30)20-18-7-3-4-8-19(18)23(29)27-14-11-15-5-1-2-6-17(15)21(20)27/h1-8,16,20-21H,9-14H2,(H2,25,28)/t20-,21-/m0/s1. The lowest BCUT2D eigenvalue weighted by Gasteiger charge is -2.46. The van der Waals surface area contributed by atoms with Crippen LogP contribution in [0.2, 0.25) is 0 Å². The van der Waals surface area contributed by atoms with Gasteiger partial charge in [-0.25, -0.2) is 0 Å². The number of primary amides is 1. The molecule has 2 aromatic rings. The molecule has 1 fully saturated rings. The number of carbonyl (C=O) groups excluding carboxylic acids is 3. The predicted molar refractivity (Wildman–Crippen MR) is 112 cm³/mol. The molecule has 2 N–H and O–H groups in total. The molecule has 3 aliphatic rings. The average molecular weight is 403 g/mol. The summed E-state index contributed by atoms with van der Waals surface area (Å²) in [5, 5.41) is 0. The molecule has 6 heteroatoms. The number of carbonyl (C=O) groups is 3. The third kappa shape index (κ3) is 2.90. The highest BCUT2D eigenvalue weighted by Gasteiger charge is 2.47. The Kier molecular flexibility index (Phi) is 4.57. The largest absolute Gasteiger partial charge is 0.369 e. The van der Waals surface area contributed by atoms with Crippen molar-refractivity contribution < 1.29 is 14.4 Å². The second-order valence-electron chi connectivity index (χ2n) is 8.46. The van der Waals surface area contributed by atoms with E-state index in [0.29, 0.717) is 38.0 Å². The number of nitrogens with zero attached hydrogens (tertiary/aromatic N) is 2. The molecular formula is C24H25N3O3. The summed E-state index contributed by atoms with van der Waals surface area (Å²) in [6, 6.07) is 15.3. The Morgan fingerprint density at radius 2 is 1.57 bits per heavy atom. The van der Waals surface area contributed by atoms with E-state index in [0.717, 1.165) is 17.5 Å². The van der Waals surface area contributed by atoms with Gasteiger partial charge in [-0.1, -0.05) is 42.5 Å². The Hall–Kier alpha value is -3.15. The van der Waals surface area contributed by atoms with Gasteiger partial charge in [0.2, 0.25) is 11.8 Å². The lowest BCUT2D eigenvalue weighted by atomic mass is 9.75. The van der Waals surface area contributed by atoms with Crippen LogP contribution in [0.1, 0.15) is 51.8 Å². The first-order valence-corrected chi connectivity index (χ1v) is 10.6. The van der Waals surface area contributed by atoms with E-state index in [4.69, 9.17) is 5.73 Å². The number of fused-ring (bicyclic) bond motifs is 4. The summed E-state index contributed by atoms with van der Waals surface area (Å²) >= 11 is 0. The zero-order valence-corrected chi connectivity index (χ0v) is 16.8. The summed E-state index contributed by atoms with van der Waals surface area (Å²) in [6.45, 7) is 1.66. The number of hydrogen-bond donors (Lipinski definition) is 1. The minimum absolute atomic E-state index is 0.00147. The average Bonchev–Trinajstić information content (AvgIpc) is 2.79. The van der Waals surface area contributed by atoms with Gasteiger partial charge in [0, 0.05) is 31.1 Å². The number of piperidine rings is 1. The van der Waals surface area contributed by atoms with Crippen LogP contribution < -0.4 is 5.73 Å². The third-order valence-electron chi connectivity index (χ3n) is 6.91. The minimum atomic E-state index is -0.439. The van der Waals surface area contributed by atoms with Crippen LogP contribution in [0.25, 0.3) is 0 Å². The van der Waals surface area contributed by atoms with Crippen molar-refractivity contribution >= 4 is 17.7 Å². The van der Waals surface area contributed by atoms with E-state index in [1.54, 1.807) is 0 Å². The third-order valence-corrected chi connectivity index (χ3v) is 6.91. The van der Waals surface area contributed by atoms with Gasteiger partial charge in [0.25, 0.3) is 5.91 Å². The van der Waals surface area contributed by atoms with Gasteiger partial charge < -0.3 is 15.5 Å². The van der Waals surface area contributed by atoms with Crippen LogP contribution in [0.15, 0.2) is 48.5 Å². The van der Waals surface area contributed by atoms with Gasteiger partial charge in [-0.05, 0) is 42.0 Å². The maximum absolute atomic E-state index is 13.8. The molecule has 3 amide bonds. The fourth-order valence-corrected chi connectivity index (χ4v) is 5.32. The van der Waals surface area contributed by atoms with Crippen molar-refractivity contribution in [3.8, 4) is 0 Å². The molecule has 3 aliphatic heterocycles. The number of likely N-dealkylation sites (tertiary alicyclic amines) is 1. The van der Waals surface area contributed by atoms with E-state index in [1.165, 1.54) is 5.56 Å². The van der Waals surface area contributed by atoms with Gasteiger partial charge in [-0.3, -0.25) is 14.4 Å². The first-order chi connectivity index (χ1) is 14.6. The number of nitrogens with two attached hydrogens (primary N) is 1. The smallest absolute Gasteiger partial charge is 0.254 e. The summed E-state index contributed by atoms with van der Waals surface area (Å²) < 4.78 is 0. The maximum atomic E-state index is 13.8. The molecule has 0 spiro atoms. The Bertz CT molecular complexity index is 1030. The monoisotopic (exact) mass is 403 g/mol. The second-order valence-corrected chi connectivity index (χ2v) is 8.46. The van der Waals surface area contributed by atoms with E-state index in [2.05, 4.69) is 6.07 Å². The van der Waals surface area contributed by atoms with Gasteiger partial charge in [-0.2, -0.15) is 0 Å². The lowest BCUT2D eigenvalue weighted by Crippen LogP contribution is -2.52. The molecule has 3 heterocycles. The molecular weight excluding hydrogens is 378 g/mol. The topological polar surface area (TPSA) is 83.7 Å². The molecule has 0 aromatic heterocycles. The Balaban J connectivity index is 1.56. The van der Waals surface area contributed by atoms with Gasteiger partial charge in [0.05, 0.1) is 12.0 Å². The molecule has 0 bridgehead atoms. The van der Waals surface area contributed by atoms with Crippen LogP contribution >= 0.6 is 0 Å². The molecule has 0 saturated carbocycles. The molecule has 0 unspecified atom stereocenters. The molecule has 154 valence electrons. The Morgan fingerprint density at radius 1 is 0.900 bits per heavy atom. The second kappa shape index (κ2) is 7.27. The zero-order valence-electron chi connectivity index (χ0n) is 16.8. The molecule has 2 atom stereocenters. The SMILES string of the molecule is NC(=O)C1CCN(C(=O)[C@H]2c3ccccc3C(=O)N3CCc4ccccc4[C@@H]23)CC1. The van der Waals surface area contributed by atoms with Crippen molar-refractivity contribution in [2.75, 3.05) is 19.6 Å². The van der Waals surface area contributed by atoms with E-state index in [1.807, 2.05) is 52.3 Å². The van der Waals surface area contributed by atoms with Gasteiger partial charge in [0.15, 0.2) is 0 Å². The van der Waals surface area contributed by atoms with Crippen molar-refractivity contribution in [3.63, 3.8) is 0 Å². The normalized spacial score (nSPS) is 23.4. The van der Waals surface area contributed by atoms with Crippen LogP contribution in [-0.4, -0.2) is 47.2 Å². The molecule has 1 saturated heterocycles. The predicted octanol–water partition coefficient (Wildman–Crippen LogP) is 2.25. The highest BCUT2D eigenvalue weighted by Crippen LogP contribution is 2.46. The Labute approximate surface area is 175 Å². The van der Waals surface area contributed by atoms with Crippen molar-refractivity contribution in [1.29, 1.82) is 0 Å². The highest BCUT2D eigenvalue weighted by molar-refractivity contribution is 6.01. The van der Waals surface area contributed by atoms with Crippen molar-refractivity contribution in [3.05, 3.63) is 70.8 Å². The zero-order chi connectivity index (χ0) is 20.8. The minimum Gasteiger partial charge on any atom is -0.369 e. The van der Waals surface area contributed by atoms with Crippen molar-refractivity contribution in [2.24, 2.45) is 11.7 Å². The summed E-state index contributed by atoms with van der Waals surface area (Å²) in [5.74, 6) is -0.860. The first kappa shape index (κ1) is 18.9. The van der Waals surface area contributed by atoms with Crippen LogP contribution in [0, 0.1) is 5.92 Å². The lowest BCUT2D eigenvalue weighted by molar-refractivity contribution is -0.138. The van der Waals surface area contributed by atoms with Gasteiger partial charge >= 0.3 is 0 Å². The fourth-order valence-electron chi connectivity index (χ4n) is 5.32. The van der Waals surface area contributed by atoms with Crippen LogP contribution in [0.3, 0.4) is 0 Å². The highest BCUT2D eigenvalue weighted by atomic mass is 16.2. The summed E-state index contributed by atoms with van der Waals surface area (Å²) in [5.41, 5.74) is 9.17. The molecule has 2 aromatic carbocycles. The van der Waals surface area contributed by atoms with Crippen molar-refractivity contribution in [2.45, 2.75) is 31.2 Å². The summed E-state index contributed by atoms with van der Waals surface area (Å²) in [6.07, 6.45) is 1.99. The number of benzene rings is 2. The molecule has 0 aliphatic carbocycles. The fraction of sp³-hybridized carbons (Fsp3) is 0.375. The molecule has 5 rings (SSSR count). The number of hydrogen-bond acceptors (Lipinski definition) is 3. The van der Waals surface area contributed by atoms with Crippen molar-refractivity contribution in [1.82, 2.24) is 9.80 Å². The number of amides is 3. The van der Waals surface area contributed by atoms with Gasteiger partial charge in [0.1, 0.15) is 0 Å². The summed E-state index contributed by atoms with van der Waals surface area (Å²) in [4.78, 5) is 42.4. The quantitative estimate of drug-likeness (QED) is 0.835. The molecule has 6 nitrogen and oxygen atoms in total.